The number of halogens is 1. The van der Waals surface area contributed by atoms with Gasteiger partial charge in [-0.2, -0.15) is 0 Å². The van der Waals surface area contributed by atoms with Crippen LogP contribution in [0.15, 0.2) is 24.3 Å². The van der Waals surface area contributed by atoms with E-state index in [1.54, 1.807) is 0 Å². The number of benzene rings is 1. The van der Waals surface area contributed by atoms with E-state index in [1.807, 2.05) is 0 Å². The van der Waals surface area contributed by atoms with Crippen molar-refractivity contribution in [2.45, 2.75) is 51.0 Å². The highest BCUT2D eigenvalue weighted by molar-refractivity contribution is 9.09. The van der Waals surface area contributed by atoms with E-state index in [2.05, 4.69) is 61.0 Å². The van der Waals surface area contributed by atoms with Crippen molar-refractivity contribution in [1.82, 2.24) is 0 Å². The van der Waals surface area contributed by atoms with Gasteiger partial charge in [0.2, 0.25) is 0 Å². The molecule has 94 valence electrons. The van der Waals surface area contributed by atoms with E-state index in [0.717, 1.165) is 25.0 Å². The molecule has 0 bridgehead atoms. The van der Waals surface area contributed by atoms with E-state index in [0.29, 0.717) is 10.9 Å². The third-order valence-corrected chi connectivity index (χ3v) is 5.66. The Hall–Kier alpha value is -0.500. The van der Waals surface area contributed by atoms with Crippen molar-refractivity contribution >= 4 is 15.9 Å². The van der Waals surface area contributed by atoms with Crippen LogP contribution in [0.5, 0.6) is 5.75 Å². The molecule has 0 radical (unpaired) electrons. The number of hydrogen-bond donors (Lipinski definition) is 0. The predicted molar refractivity (Wildman–Crippen MR) is 76.0 cm³/mol. The fourth-order valence-corrected chi connectivity index (χ4v) is 3.33. The third-order valence-electron chi connectivity index (χ3n) is 4.24. The minimum Gasteiger partial charge on any atom is -0.490 e. The fraction of sp³-hybridized carbons (Fsp3) is 0.600. The summed E-state index contributed by atoms with van der Waals surface area (Å²) in [4.78, 5) is 0.597. The fourth-order valence-electron chi connectivity index (χ4n) is 2.37. The Labute approximate surface area is 113 Å². The molecule has 1 aliphatic carbocycles. The zero-order valence-electron chi connectivity index (χ0n) is 10.9. The van der Waals surface area contributed by atoms with Gasteiger partial charge in [-0.15, -0.1) is 0 Å². The molecule has 1 nitrogen and oxygen atoms in total. The Morgan fingerprint density at radius 2 is 1.94 bits per heavy atom. The van der Waals surface area contributed by atoms with E-state index in [-0.39, 0.29) is 5.41 Å². The van der Waals surface area contributed by atoms with Crippen molar-refractivity contribution < 1.29 is 4.74 Å². The number of ether oxygens (including phenoxy) is 1. The van der Waals surface area contributed by atoms with Crippen LogP contribution in [-0.2, 0) is 6.42 Å². The summed E-state index contributed by atoms with van der Waals surface area (Å²) in [7, 11) is 0. The molecular weight excluding hydrogens is 276 g/mol. The highest BCUT2D eigenvalue weighted by atomic mass is 79.9. The van der Waals surface area contributed by atoms with Gasteiger partial charge in [-0.25, -0.2) is 0 Å². The van der Waals surface area contributed by atoms with Gasteiger partial charge in [0, 0.05) is 10.2 Å². The first kappa shape index (κ1) is 12.9. The summed E-state index contributed by atoms with van der Waals surface area (Å²) in [6.07, 6.45) is 3.70. The van der Waals surface area contributed by atoms with Gasteiger partial charge in [0.15, 0.2) is 0 Å². The first-order valence-electron chi connectivity index (χ1n) is 6.49. The molecular formula is C15H21BrO. The molecule has 3 atom stereocenters. The van der Waals surface area contributed by atoms with Gasteiger partial charge in [-0.1, -0.05) is 48.8 Å². The molecule has 2 heteroatoms. The SMILES string of the molecule is CCc1ccc(OC2CC(Br)C2(C)CC)cc1. The quantitative estimate of drug-likeness (QED) is 0.739. The molecule has 2 rings (SSSR count). The van der Waals surface area contributed by atoms with E-state index in [9.17, 15) is 0 Å². The lowest BCUT2D eigenvalue weighted by atomic mass is 9.65. The Morgan fingerprint density at radius 3 is 2.41 bits per heavy atom. The molecule has 1 saturated carbocycles. The van der Waals surface area contributed by atoms with E-state index < -0.39 is 0 Å². The summed E-state index contributed by atoms with van der Waals surface area (Å²) in [5.74, 6) is 1.01. The summed E-state index contributed by atoms with van der Waals surface area (Å²) in [5.41, 5.74) is 1.64. The maximum atomic E-state index is 6.10. The van der Waals surface area contributed by atoms with Crippen molar-refractivity contribution in [3.05, 3.63) is 29.8 Å². The molecule has 17 heavy (non-hydrogen) atoms. The van der Waals surface area contributed by atoms with Crippen molar-refractivity contribution in [1.29, 1.82) is 0 Å². The molecule has 0 heterocycles. The van der Waals surface area contributed by atoms with Crippen molar-refractivity contribution in [3.8, 4) is 5.75 Å². The van der Waals surface area contributed by atoms with Gasteiger partial charge < -0.3 is 4.74 Å². The van der Waals surface area contributed by atoms with Gasteiger partial charge in [0.1, 0.15) is 11.9 Å². The maximum absolute atomic E-state index is 6.10. The molecule has 0 aliphatic heterocycles. The molecule has 3 unspecified atom stereocenters. The summed E-state index contributed by atoms with van der Waals surface area (Å²) in [6, 6.07) is 8.50. The molecule has 0 spiro atoms. The van der Waals surface area contributed by atoms with Crippen molar-refractivity contribution in [2.75, 3.05) is 0 Å². The van der Waals surface area contributed by atoms with E-state index >= 15 is 0 Å². The summed E-state index contributed by atoms with van der Waals surface area (Å²) in [6.45, 7) is 6.72. The highest BCUT2D eigenvalue weighted by Crippen LogP contribution is 2.50. The Kier molecular flexibility index (Phi) is 3.82. The van der Waals surface area contributed by atoms with Crippen LogP contribution in [0.1, 0.15) is 39.2 Å². The molecule has 0 N–H and O–H groups in total. The van der Waals surface area contributed by atoms with Gasteiger partial charge in [0.25, 0.3) is 0 Å². The van der Waals surface area contributed by atoms with Crippen LogP contribution in [0.25, 0.3) is 0 Å². The molecule has 1 aromatic carbocycles. The van der Waals surface area contributed by atoms with Crippen LogP contribution in [0, 0.1) is 5.41 Å². The molecule has 0 amide bonds. The summed E-state index contributed by atoms with van der Waals surface area (Å²) in [5, 5.41) is 0. The smallest absolute Gasteiger partial charge is 0.119 e. The minimum atomic E-state index is 0.281. The lowest BCUT2D eigenvalue weighted by molar-refractivity contribution is -0.0243. The molecule has 1 fully saturated rings. The normalized spacial score (nSPS) is 32.0. The van der Waals surface area contributed by atoms with Gasteiger partial charge in [0.05, 0.1) is 0 Å². The summed E-state index contributed by atoms with van der Waals surface area (Å²) >= 11 is 3.74. The van der Waals surface area contributed by atoms with Crippen LogP contribution in [-0.4, -0.2) is 10.9 Å². The van der Waals surface area contributed by atoms with E-state index in [4.69, 9.17) is 4.74 Å². The maximum Gasteiger partial charge on any atom is 0.119 e. The van der Waals surface area contributed by atoms with Gasteiger partial charge in [-0.05, 0) is 37.0 Å². The van der Waals surface area contributed by atoms with Crippen LogP contribution in [0.4, 0.5) is 0 Å². The van der Waals surface area contributed by atoms with Crippen LogP contribution < -0.4 is 4.74 Å². The van der Waals surface area contributed by atoms with Gasteiger partial charge >= 0.3 is 0 Å². The second kappa shape index (κ2) is 5.01. The number of aryl methyl sites for hydroxylation is 1. The first-order chi connectivity index (χ1) is 8.10. The van der Waals surface area contributed by atoms with Gasteiger partial charge in [-0.3, -0.25) is 0 Å². The predicted octanol–water partition coefficient (Wildman–Crippen LogP) is 4.58. The zero-order valence-corrected chi connectivity index (χ0v) is 12.5. The van der Waals surface area contributed by atoms with Crippen molar-refractivity contribution in [3.63, 3.8) is 0 Å². The Morgan fingerprint density at radius 1 is 1.29 bits per heavy atom. The summed E-state index contributed by atoms with van der Waals surface area (Å²) < 4.78 is 6.10. The molecule has 1 aromatic rings. The second-order valence-corrected chi connectivity index (χ2v) is 6.27. The second-order valence-electron chi connectivity index (χ2n) is 5.17. The topological polar surface area (TPSA) is 9.23 Å². The number of rotatable bonds is 4. The Balaban J connectivity index is 2.02. The van der Waals surface area contributed by atoms with E-state index in [1.165, 1.54) is 5.56 Å². The first-order valence-corrected chi connectivity index (χ1v) is 7.41. The average Bonchev–Trinajstić information content (AvgIpc) is 2.38. The zero-order chi connectivity index (χ0) is 12.5. The largest absolute Gasteiger partial charge is 0.490 e. The molecule has 1 aliphatic rings. The standard InChI is InChI=1S/C15H21BrO/c1-4-11-6-8-12(9-7-11)17-14-10-13(16)15(14,3)5-2/h6-9,13-14H,4-5,10H2,1-3H3. The van der Waals surface area contributed by atoms with Crippen LogP contribution >= 0.6 is 15.9 Å². The van der Waals surface area contributed by atoms with Crippen LogP contribution in [0.3, 0.4) is 0 Å². The lowest BCUT2D eigenvalue weighted by Crippen LogP contribution is -2.54. The van der Waals surface area contributed by atoms with Crippen molar-refractivity contribution in [2.24, 2.45) is 5.41 Å². The Bertz CT molecular complexity index is 373. The molecule has 0 aromatic heterocycles. The molecule has 0 saturated heterocycles. The monoisotopic (exact) mass is 296 g/mol. The third kappa shape index (κ3) is 2.37. The minimum absolute atomic E-state index is 0.281. The lowest BCUT2D eigenvalue weighted by Gasteiger charge is -2.50. The highest BCUT2D eigenvalue weighted by Gasteiger charge is 2.50. The van der Waals surface area contributed by atoms with Crippen LogP contribution in [0.2, 0.25) is 0 Å². The average molecular weight is 297 g/mol. The number of hydrogen-bond acceptors (Lipinski definition) is 1. The number of alkyl halides is 1.